The fraction of sp³-hybridized carbons (Fsp3) is 0.515. The van der Waals surface area contributed by atoms with Crippen LogP contribution in [0, 0.1) is 29.6 Å². The predicted octanol–water partition coefficient (Wildman–Crippen LogP) is 5.10. The molecule has 0 radical (unpaired) electrons. The Bertz CT molecular complexity index is 1470. The average Bonchev–Trinajstić information content (AvgIpc) is 3.66. The average molecular weight is 539 g/mol. The highest BCUT2D eigenvalue weighted by molar-refractivity contribution is 5.94. The van der Waals surface area contributed by atoms with E-state index in [0.717, 1.165) is 38.8 Å². The van der Waals surface area contributed by atoms with Crippen LogP contribution in [0.1, 0.15) is 83.1 Å². The lowest BCUT2D eigenvalue weighted by Crippen LogP contribution is -2.56. The highest BCUT2D eigenvalue weighted by atomic mass is 16.5. The van der Waals surface area contributed by atoms with Crippen molar-refractivity contribution in [1.82, 2.24) is 15.2 Å². The Morgan fingerprint density at radius 3 is 2.65 bits per heavy atom. The molecule has 3 aromatic rings. The van der Waals surface area contributed by atoms with Crippen molar-refractivity contribution in [3.05, 3.63) is 70.4 Å². The molecule has 208 valence electrons. The van der Waals surface area contributed by atoms with Crippen molar-refractivity contribution >= 4 is 16.8 Å². The molecule has 40 heavy (non-hydrogen) atoms. The molecule has 1 amide bonds. The van der Waals surface area contributed by atoms with Gasteiger partial charge in [-0.1, -0.05) is 18.2 Å². The number of aliphatic hydroxyl groups is 1. The Balaban J connectivity index is 1.16. The van der Waals surface area contributed by atoms with E-state index in [1.165, 1.54) is 46.0 Å². The second kappa shape index (κ2) is 9.73. The number of aryl methyl sites for hydroxylation is 1. The van der Waals surface area contributed by atoms with Gasteiger partial charge in [0.1, 0.15) is 5.60 Å². The van der Waals surface area contributed by atoms with E-state index in [0.29, 0.717) is 11.5 Å². The highest BCUT2D eigenvalue weighted by Crippen LogP contribution is 2.57. The second-order valence-electron chi connectivity index (χ2n) is 13.0. The van der Waals surface area contributed by atoms with Gasteiger partial charge in [-0.25, -0.2) is 0 Å². The van der Waals surface area contributed by atoms with Gasteiger partial charge in [0.15, 0.2) is 0 Å². The number of carbonyl (C=O) groups excluding carboxylic acids is 1. The van der Waals surface area contributed by atoms with Gasteiger partial charge in [-0.3, -0.25) is 9.69 Å². The van der Waals surface area contributed by atoms with Gasteiger partial charge in [0.2, 0.25) is 0 Å². The lowest BCUT2D eigenvalue weighted by Gasteiger charge is -2.53. The molecule has 4 aliphatic rings. The van der Waals surface area contributed by atoms with Crippen LogP contribution in [0.2, 0.25) is 0 Å². The van der Waals surface area contributed by atoms with Crippen molar-refractivity contribution in [2.75, 3.05) is 26.3 Å². The first-order valence-electron chi connectivity index (χ1n) is 14.8. The molecule has 4 fully saturated rings. The van der Waals surface area contributed by atoms with Crippen LogP contribution in [0.3, 0.4) is 0 Å². The Kier molecular flexibility index (Phi) is 6.27. The van der Waals surface area contributed by atoms with Crippen LogP contribution < -0.4 is 5.32 Å². The number of nitriles is 1. The molecule has 2 aromatic carbocycles. The zero-order chi connectivity index (χ0) is 27.5. The van der Waals surface area contributed by atoms with Gasteiger partial charge < -0.3 is 20.1 Å². The lowest BCUT2D eigenvalue weighted by atomic mass is 9.56. The maximum atomic E-state index is 12.8. The fourth-order valence-corrected chi connectivity index (χ4v) is 7.42. The van der Waals surface area contributed by atoms with Crippen LogP contribution >= 0.6 is 0 Å². The number of nitrogens with zero attached hydrogens (tertiary/aromatic N) is 2. The molecule has 1 spiro atoms. The molecule has 2 aliphatic heterocycles. The topological polar surface area (TPSA) is 101 Å². The molecule has 2 saturated carbocycles. The first-order valence-corrected chi connectivity index (χ1v) is 14.8. The number of H-pyrrole nitrogens is 1. The molecule has 0 bridgehead atoms. The summed E-state index contributed by atoms with van der Waals surface area (Å²) < 4.78 is 5.08. The standard InChI is InChI=1S/C33H38N4O3/c1-21-12-27(23-2-3-23)28(26-8-10-35-30(21)26)17-37-11-9-32(13-22(14-32)16-34)15-29(37)24-4-6-25(7-5-24)31(38)36-18-33(39)19-40-20-33/h4-8,10,12,22-23,29,35,39H,2-3,9,11,13-15,17-20H2,1H3,(H,36,38). The predicted molar refractivity (Wildman–Crippen MR) is 153 cm³/mol. The number of hydrogen-bond donors (Lipinski definition) is 3. The van der Waals surface area contributed by atoms with Gasteiger partial charge in [-0.2, -0.15) is 5.26 Å². The fourth-order valence-electron chi connectivity index (χ4n) is 7.42. The molecule has 7 heteroatoms. The maximum Gasteiger partial charge on any atom is 0.251 e. The van der Waals surface area contributed by atoms with Crippen LogP contribution in [0.25, 0.3) is 10.9 Å². The number of nitrogens with one attached hydrogen (secondary N) is 2. The minimum Gasteiger partial charge on any atom is -0.383 e. The summed E-state index contributed by atoms with van der Waals surface area (Å²) in [6, 6.07) is 15.4. The van der Waals surface area contributed by atoms with Crippen molar-refractivity contribution in [3.8, 4) is 6.07 Å². The molecular weight excluding hydrogens is 500 g/mol. The van der Waals surface area contributed by atoms with Crippen LogP contribution in [0.15, 0.2) is 42.6 Å². The van der Waals surface area contributed by atoms with E-state index >= 15 is 0 Å². The molecule has 7 nitrogen and oxygen atoms in total. The zero-order valence-electron chi connectivity index (χ0n) is 23.2. The van der Waals surface area contributed by atoms with Gasteiger partial charge in [0.05, 0.1) is 25.8 Å². The van der Waals surface area contributed by atoms with Crippen LogP contribution in [0.4, 0.5) is 0 Å². The molecule has 1 unspecified atom stereocenters. The van der Waals surface area contributed by atoms with E-state index in [2.05, 4.69) is 58.7 Å². The lowest BCUT2D eigenvalue weighted by molar-refractivity contribution is -0.173. The van der Waals surface area contributed by atoms with Crippen LogP contribution in [-0.2, 0) is 11.3 Å². The smallest absolute Gasteiger partial charge is 0.251 e. The molecule has 1 aromatic heterocycles. The van der Waals surface area contributed by atoms with Crippen molar-refractivity contribution in [2.24, 2.45) is 11.3 Å². The van der Waals surface area contributed by atoms with E-state index in [9.17, 15) is 15.2 Å². The zero-order valence-corrected chi connectivity index (χ0v) is 23.2. The Morgan fingerprint density at radius 2 is 1.98 bits per heavy atom. The van der Waals surface area contributed by atoms with Crippen molar-refractivity contribution in [1.29, 1.82) is 5.26 Å². The maximum absolute atomic E-state index is 12.8. The molecule has 3 N–H and O–H groups in total. The van der Waals surface area contributed by atoms with Crippen LogP contribution in [0.5, 0.6) is 0 Å². The third kappa shape index (κ3) is 4.62. The number of aromatic nitrogens is 1. The summed E-state index contributed by atoms with van der Waals surface area (Å²) in [5.74, 6) is 0.684. The van der Waals surface area contributed by atoms with Crippen molar-refractivity contribution in [2.45, 2.75) is 69.6 Å². The van der Waals surface area contributed by atoms with E-state index in [4.69, 9.17) is 4.74 Å². The third-order valence-electron chi connectivity index (χ3n) is 9.98. The van der Waals surface area contributed by atoms with Crippen molar-refractivity contribution in [3.63, 3.8) is 0 Å². The van der Waals surface area contributed by atoms with E-state index in [-0.39, 0.29) is 43.0 Å². The number of likely N-dealkylation sites (tertiary alicyclic amines) is 1. The molecular formula is C33H38N4O3. The summed E-state index contributed by atoms with van der Waals surface area (Å²) >= 11 is 0. The monoisotopic (exact) mass is 538 g/mol. The largest absolute Gasteiger partial charge is 0.383 e. The Morgan fingerprint density at radius 1 is 1.20 bits per heavy atom. The minimum absolute atomic E-state index is 0.178. The van der Waals surface area contributed by atoms with E-state index in [1.807, 2.05) is 12.1 Å². The molecule has 2 saturated heterocycles. The Hall–Kier alpha value is -3.18. The first kappa shape index (κ1) is 25.8. The first-order chi connectivity index (χ1) is 19.4. The summed E-state index contributed by atoms with van der Waals surface area (Å²) in [6.45, 7) is 4.84. The number of amides is 1. The molecule has 1 atom stereocenters. The quantitative estimate of drug-likeness (QED) is 0.389. The number of ether oxygens (including phenoxy) is 1. The summed E-state index contributed by atoms with van der Waals surface area (Å²) in [7, 11) is 0. The number of carbonyl (C=O) groups is 1. The summed E-state index contributed by atoms with van der Waals surface area (Å²) in [6.07, 6.45) is 8.80. The molecule has 2 aliphatic carbocycles. The SMILES string of the molecule is Cc1cc(C2CC2)c(CN2CCC3(CC(C#N)C3)CC2c2ccc(C(=O)NCC3(O)COC3)cc2)c2cc[nH]c12. The number of fused-ring (bicyclic) bond motifs is 1. The molecule has 3 heterocycles. The third-order valence-corrected chi connectivity index (χ3v) is 9.98. The number of benzene rings is 2. The number of rotatable bonds is 7. The Labute approximate surface area is 235 Å². The van der Waals surface area contributed by atoms with Gasteiger partial charge in [-0.15, -0.1) is 0 Å². The summed E-state index contributed by atoms with van der Waals surface area (Å²) in [4.78, 5) is 18.9. The van der Waals surface area contributed by atoms with Crippen molar-refractivity contribution < 1.29 is 14.6 Å². The van der Waals surface area contributed by atoms with Gasteiger partial charge in [0, 0.05) is 41.2 Å². The number of hydrogen-bond acceptors (Lipinski definition) is 5. The normalized spacial score (nSPS) is 27.6. The number of piperidine rings is 1. The summed E-state index contributed by atoms with van der Waals surface area (Å²) in [5, 5.41) is 23.9. The summed E-state index contributed by atoms with van der Waals surface area (Å²) in [5.41, 5.74) is 6.67. The second-order valence-corrected chi connectivity index (χ2v) is 13.0. The van der Waals surface area contributed by atoms with Gasteiger partial charge in [0.25, 0.3) is 5.91 Å². The highest BCUT2D eigenvalue weighted by Gasteiger charge is 2.49. The van der Waals surface area contributed by atoms with Gasteiger partial charge in [-0.05, 0) is 104 Å². The van der Waals surface area contributed by atoms with E-state index in [1.54, 1.807) is 0 Å². The number of aromatic amines is 1. The van der Waals surface area contributed by atoms with Crippen LogP contribution in [-0.4, -0.2) is 52.8 Å². The minimum atomic E-state index is -0.948. The molecule has 7 rings (SSSR count). The van der Waals surface area contributed by atoms with E-state index < -0.39 is 5.60 Å². The van der Waals surface area contributed by atoms with Gasteiger partial charge >= 0.3 is 0 Å².